The predicted octanol–water partition coefficient (Wildman–Crippen LogP) is 3.98. The van der Waals surface area contributed by atoms with Crippen LogP contribution in [-0.2, 0) is 0 Å². The number of ether oxygens (including phenoxy) is 1. The van der Waals surface area contributed by atoms with Crippen LogP contribution >= 0.6 is 35.1 Å². The third-order valence-electron chi connectivity index (χ3n) is 2.62. The largest absolute Gasteiger partial charge is 0.496 e. The maximum Gasteiger partial charge on any atom is 0.192 e. The minimum absolute atomic E-state index is 0.237. The fraction of sp³-hybridized carbons (Fsp3) is 0.308. The van der Waals surface area contributed by atoms with E-state index in [1.54, 1.807) is 19.1 Å². The number of rotatable bonds is 5. The van der Waals surface area contributed by atoms with Gasteiger partial charge in [0.05, 0.1) is 12.1 Å². The summed E-state index contributed by atoms with van der Waals surface area (Å²) in [7, 11) is 1.52. The number of Topliss-reactive ketones (excluding diaryl/α,β-unsaturated/α-hetero) is 1. The molecule has 0 aliphatic carbocycles. The van der Waals surface area contributed by atoms with Gasteiger partial charge in [-0.25, -0.2) is 0 Å². The first-order valence-electron chi connectivity index (χ1n) is 5.42. The smallest absolute Gasteiger partial charge is 0.192 e. The highest BCUT2D eigenvalue weighted by Crippen LogP contribution is 2.41. The van der Waals surface area contributed by atoms with Crippen LogP contribution in [0.5, 0.6) is 5.75 Å². The van der Waals surface area contributed by atoms with Crippen LogP contribution in [-0.4, -0.2) is 17.0 Å². The molecule has 0 unspecified atom stereocenters. The van der Waals surface area contributed by atoms with E-state index >= 15 is 0 Å². The molecule has 0 aliphatic rings. The van der Waals surface area contributed by atoms with Crippen molar-refractivity contribution >= 4 is 40.9 Å². The van der Waals surface area contributed by atoms with Gasteiger partial charge in [-0.15, -0.1) is 0 Å². The van der Waals surface area contributed by atoms with Crippen LogP contribution in [0, 0.1) is 28.3 Å². The van der Waals surface area contributed by atoms with E-state index in [2.05, 4.69) is 0 Å². The van der Waals surface area contributed by atoms with Crippen molar-refractivity contribution in [2.24, 2.45) is 0 Å². The van der Waals surface area contributed by atoms with Gasteiger partial charge in [0.2, 0.25) is 0 Å². The molecular formula is C13H11ClN2O2S2. The fourth-order valence-electron chi connectivity index (χ4n) is 1.59. The molecule has 0 atom stereocenters. The number of nitriles is 2. The normalized spacial score (nSPS) is 10.5. The fourth-order valence-corrected chi connectivity index (χ4v) is 2.97. The number of carbonyl (C=O) groups excluding carboxylic acids is 1. The summed E-state index contributed by atoms with van der Waals surface area (Å²) in [5.41, 5.74) is 1.03. The van der Waals surface area contributed by atoms with Crippen molar-refractivity contribution in [1.82, 2.24) is 0 Å². The van der Waals surface area contributed by atoms with Gasteiger partial charge in [0, 0.05) is 5.56 Å². The number of ketones is 1. The Balaban J connectivity index is 3.30. The molecule has 0 aliphatic heterocycles. The molecule has 0 N–H and O–H groups in total. The molecule has 0 bridgehead atoms. The predicted molar refractivity (Wildman–Crippen MR) is 81.9 cm³/mol. The Morgan fingerprint density at radius 2 is 1.90 bits per heavy atom. The van der Waals surface area contributed by atoms with Crippen LogP contribution in [0.15, 0.2) is 12.1 Å². The van der Waals surface area contributed by atoms with E-state index in [4.69, 9.17) is 26.9 Å². The summed E-state index contributed by atoms with van der Waals surface area (Å²) in [5, 5.41) is 21.6. The number of aryl methyl sites for hydroxylation is 1. The van der Waals surface area contributed by atoms with Crippen molar-refractivity contribution in [3.8, 4) is 16.6 Å². The Labute approximate surface area is 131 Å². The molecule has 0 heterocycles. The molecule has 4 nitrogen and oxygen atoms in total. The SMILES string of the molecule is COc1cc(Cl)c(C(=O)C(C)(SC#N)SC#N)cc1C. The Hall–Kier alpha value is -1.34. The van der Waals surface area contributed by atoms with E-state index in [0.29, 0.717) is 5.75 Å². The van der Waals surface area contributed by atoms with Crippen LogP contribution in [0.25, 0.3) is 0 Å². The van der Waals surface area contributed by atoms with E-state index < -0.39 is 4.08 Å². The minimum Gasteiger partial charge on any atom is -0.496 e. The lowest BCUT2D eigenvalue weighted by Gasteiger charge is -2.21. The number of nitrogens with zero attached hydrogens (tertiary/aromatic N) is 2. The number of thioether (sulfide) groups is 2. The van der Waals surface area contributed by atoms with Crippen molar-refractivity contribution in [3.63, 3.8) is 0 Å². The van der Waals surface area contributed by atoms with Crippen molar-refractivity contribution in [1.29, 1.82) is 10.5 Å². The Bertz CT molecular complexity index is 604. The average molecular weight is 327 g/mol. The average Bonchev–Trinajstić information content (AvgIpc) is 2.40. The number of hydrogen-bond donors (Lipinski definition) is 0. The minimum atomic E-state index is -1.21. The second-order valence-corrected chi connectivity index (χ2v) is 7.04. The highest BCUT2D eigenvalue weighted by atomic mass is 35.5. The van der Waals surface area contributed by atoms with E-state index in [9.17, 15) is 4.79 Å². The van der Waals surface area contributed by atoms with Crippen LogP contribution in [0.1, 0.15) is 22.8 Å². The number of hydrogen-bond acceptors (Lipinski definition) is 6. The number of carbonyl (C=O) groups is 1. The molecule has 0 radical (unpaired) electrons. The van der Waals surface area contributed by atoms with Crippen molar-refractivity contribution in [3.05, 3.63) is 28.3 Å². The third kappa shape index (κ3) is 3.40. The molecule has 0 fully saturated rings. The maximum absolute atomic E-state index is 12.6. The van der Waals surface area contributed by atoms with E-state index in [1.807, 2.05) is 10.8 Å². The van der Waals surface area contributed by atoms with Gasteiger partial charge in [-0.05, 0) is 55.1 Å². The zero-order valence-electron chi connectivity index (χ0n) is 11.1. The van der Waals surface area contributed by atoms with Gasteiger partial charge in [0.15, 0.2) is 5.78 Å². The third-order valence-corrected chi connectivity index (χ3v) is 4.77. The summed E-state index contributed by atoms with van der Waals surface area (Å²) in [5.74, 6) is 0.209. The van der Waals surface area contributed by atoms with E-state index in [-0.39, 0.29) is 16.4 Å². The molecule has 0 amide bonds. The van der Waals surface area contributed by atoms with E-state index in [0.717, 1.165) is 29.1 Å². The second kappa shape index (κ2) is 6.90. The lowest BCUT2D eigenvalue weighted by atomic mass is 10.0. The first-order chi connectivity index (χ1) is 9.39. The summed E-state index contributed by atoms with van der Waals surface area (Å²) in [6.07, 6.45) is 0. The lowest BCUT2D eigenvalue weighted by Crippen LogP contribution is -2.27. The summed E-state index contributed by atoms with van der Waals surface area (Å²) in [4.78, 5) is 12.6. The molecule has 0 aromatic heterocycles. The molecule has 20 heavy (non-hydrogen) atoms. The summed E-state index contributed by atoms with van der Waals surface area (Å²) in [6, 6.07) is 3.16. The van der Waals surface area contributed by atoms with Gasteiger partial charge >= 0.3 is 0 Å². The maximum atomic E-state index is 12.6. The van der Waals surface area contributed by atoms with Gasteiger partial charge in [-0.2, -0.15) is 10.5 Å². The van der Waals surface area contributed by atoms with Crippen LogP contribution in [0.2, 0.25) is 5.02 Å². The molecule has 1 rings (SSSR count). The number of halogens is 1. The molecule has 104 valence electrons. The Kier molecular flexibility index (Phi) is 5.76. The van der Waals surface area contributed by atoms with Gasteiger partial charge in [-0.3, -0.25) is 4.79 Å². The standard InChI is InChI=1S/C13H11ClN2O2S2/c1-8-4-9(10(14)5-11(8)18-3)12(17)13(2,19-6-15)20-7-16/h4-5H,1-3H3. The van der Waals surface area contributed by atoms with Crippen molar-refractivity contribution < 1.29 is 9.53 Å². The molecule has 0 saturated carbocycles. The second-order valence-electron chi connectivity index (χ2n) is 3.96. The van der Waals surface area contributed by atoms with Gasteiger partial charge in [0.25, 0.3) is 0 Å². The van der Waals surface area contributed by atoms with Crippen molar-refractivity contribution in [2.45, 2.75) is 17.9 Å². The molecule has 0 spiro atoms. The summed E-state index contributed by atoms with van der Waals surface area (Å²) < 4.78 is 3.92. The Morgan fingerprint density at radius 3 is 2.35 bits per heavy atom. The molecule has 7 heteroatoms. The zero-order valence-corrected chi connectivity index (χ0v) is 13.4. The highest BCUT2D eigenvalue weighted by Gasteiger charge is 2.37. The number of thiocyanates is 2. The Morgan fingerprint density at radius 1 is 1.35 bits per heavy atom. The van der Waals surface area contributed by atoms with Gasteiger partial charge in [0.1, 0.15) is 20.6 Å². The topological polar surface area (TPSA) is 73.9 Å². The van der Waals surface area contributed by atoms with Crippen LogP contribution < -0.4 is 4.74 Å². The van der Waals surface area contributed by atoms with Crippen LogP contribution in [0.3, 0.4) is 0 Å². The first kappa shape index (κ1) is 16.7. The van der Waals surface area contributed by atoms with Gasteiger partial charge in [-0.1, -0.05) is 11.6 Å². The number of benzene rings is 1. The quantitative estimate of drug-likeness (QED) is 0.463. The van der Waals surface area contributed by atoms with E-state index in [1.165, 1.54) is 14.0 Å². The number of methoxy groups -OCH3 is 1. The molecule has 0 saturated heterocycles. The molecule has 1 aromatic rings. The lowest BCUT2D eigenvalue weighted by molar-refractivity contribution is 0.0984. The van der Waals surface area contributed by atoms with Gasteiger partial charge < -0.3 is 4.74 Å². The summed E-state index contributed by atoms with van der Waals surface area (Å²) in [6.45, 7) is 3.32. The highest BCUT2D eigenvalue weighted by molar-refractivity contribution is 8.23. The monoisotopic (exact) mass is 326 g/mol. The first-order valence-corrected chi connectivity index (χ1v) is 7.43. The molecular weight excluding hydrogens is 316 g/mol. The molecule has 1 aromatic carbocycles. The van der Waals surface area contributed by atoms with Crippen molar-refractivity contribution in [2.75, 3.05) is 7.11 Å². The van der Waals surface area contributed by atoms with Crippen LogP contribution in [0.4, 0.5) is 0 Å². The zero-order chi connectivity index (χ0) is 15.3. The summed E-state index contributed by atoms with van der Waals surface area (Å²) >= 11 is 7.57.